The fraction of sp³-hybridized carbons (Fsp3) is 0.636. The molecule has 1 N–H and O–H groups in total. The molecule has 0 bridgehead atoms. The van der Waals surface area contributed by atoms with Crippen molar-refractivity contribution in [2.24, 2.45) is 5.92 Å². The molecule has 2 rings (SSSR count). The molecule has 0 spiro atoms. The van der Waals surface area contributed by atoms with Crippen molar-refractivity contribution in [3.05, 3.63) is 17.0 Å². The molecule has 0 saturated carbocycles. The van der Waals surface area contributed by atoms with Crippen LogP contribution in [0.1, 0.15) is 35.6 Å². The van der Waals surface area contributed by atoms with Gasteiger partial charge in [0.15, 0.2) is 5.78 Å². The molecule has 1 aromatic heterocycles. The molecule has 4 nitrogen and oxygen atoms in total. The number of hydrogen-bond donors (Lipinski definition) is 1. The summed E-state index contributed by atoms with van der Waals surface area (Å²) in [5.41, 5.74) is 2.77. The molecule has 2 heterocycles. The highest BCUT2D eigenvalue weighted by Crippen LogP contribution is 2.18. The molecule has 15 heavy (non-hydrogen) atoms. The average molecular weight is 207 g/mol. The van der Waals surface area contributed by atoms with Crippen molar-refractivity contribution in [1.82, 2.24) is 15.1 Å². The van der Waals surface area contributed by atoms with E-state index in [1.54, 1.807) is 0 Å². The number of nitrogens with one attached hydrogen (secondary N) is 1. The lowest BCUT2D eigenvalue weighted by Crippen LogP contribution is -2.29. The zero-order valence-corrected chi connectivity index (χ0v) is 9.50. The number of Topliss-reactive ketones (excluding diaryl/α,β-unsaturated/α-hetero) is 1. The van der Waals surface area contributed by atoms with Crippen LogP contribution in [0.3, 0.4) is 0 Å². The highest BCUT2D eigenvalue weighted by Gasteiger charge is 2.24. The van der Waals surface area contributed by atoms with Crippen LogP contribution in [0, 0.1) is 12.8 Å². The summed E-state index contributed by atoms with van der Waals surface area (Å²) in [6.07, 6.45) is 0. The van der Waals surface area contributed by atoms with Crippen molar-refractivity contribution in [2.45, 2.75) is 33.9 Å². The number of hydrogen-bond acceptors (Lipinski definition) is 3. The highest BCUT2D eigenvalue weighted by molar-refractivity contribution is 6.00. The van der Waals surface area contributed by atoms with E-state index in [1.807, 2.05) is 11.6 Å². The lowest BCUT2D eigenvalue weighted by atomic mass is 10.1. The van der Waals surface area contributed by atoms with E-state index in [4.69, 9.17) is 0 Å². The van der Waals surface area contributed by atoms with Crippen LogP contribution in [0.4, 0.5) is 0 Å². The summed E-state index contributed by atoms with van der Waals surface area (Å²) in [5.74, 6) is 0.719. The summed E-state index contributed by atoms with van der Waals surface area (Å²) < 4.78 is 1.96. The number of carbonyl (C=O) groups excluding carboxylic acids is 1. The van der Waals surface area contributed by atoms with E-state index in [1.165, 1.54) is 0 Å². The van der Waals surface area contributed by atoms with Gasteiger partial charge in [-0.3, -0.25) is 9.48 Å². The monoisotopic (exact) mass is 207 g/mol. The van der Waals surface area contributed by atoms with Crippen LogP contribution in [-0.2, 0) is 13.1 Å². The predicted octanol–water partition coefficient (Wildman–Crippen LogP) is 1.13. The number of ketones is 1. The molecule has 82 valence electrons. The van der Waals surface area contributed by atoms with Crippen molar-refractivity contribution < 1.29 is 4.79 Å². The molecule has 1 aliphatic heterocycles. The van der Waals surface area contributed by atoms with Crippen molar-refractivity contribution in [3.63, 3.8) is 0 Å². The van der Waals surface area contributed by atoms with Crippen LogP contribution in [-0.4, -0.2) is 22.1 Å². The summed E-state index contributed by atoms with van der Waals surface area (Å²) in [7, 11) is 0. The van der Waals surface area contributed by atoms with E-state index in [0.29, 0.717) is 19.0 Å². The SMILES string of the molecule is Cc1c2c(nn1CC(C)C)CNCC2=O. The molecule has 1 aliphatic rings. The first-order valence-electron chi connectivity index (χ1n) is 5.39. The van der Waals surface area contributed by atoms with Crippen LogP contribution in [0.5, 0.6) is 0 Å². The van der Waals surface area contributed by atoms with Gasteiger partial charge in [-0.1, -0.05) is 13.8 Å². The zero-order chi connectivity index (χ0) is 11.0. The van der Waals surface area contributed by atoms with Crippen LogP contribution in [0.25, 0.3) is 0 Å². The van der Waals surface area contributed by atoms with E-state index in [2.05, 4.69) is 24.3 Å². The van der Waals surface area contributed by atoms with Crippen molar-refractivity contribution in [3.8, 4) is 0 Å². The second-order valence-corrected chi connectivity index (χ2v) is 4.51. The Labute approximate surface area is 89.7 Å². The van der Waals surface area contributed by atoms with E-state index >= 15 is 0 Å². The smallest absolute Gasteiger partial charge is 0.180 e. The average Bonchev–Trinajstić information content (AvgIpc) is 2.44. The van der Waals surface area contributed by atoms with Gasteiger partial charge >= 0.3 is 0 Å². The summed E-state index contributed by atoms with van der Waals surface area (Å²) in [6, 6.07) is 0. The molecular weight excluding hydrogens is 190 g/mol. The normalized spacial score (nSPS) is 15.9. The summed E-state index contributed by atoms with van der Waals surface area (Å²) in [5, 5.41) is 7.53. The second-order valence-electron chi connectivity index (χ2n) is 4.51. The summed E-state index contributed by atoms with van der Waals surface area (Å²) >= 11 is 0. The van der Waals surface area contributed by atoms with Crippen molar-refractivity contribution in [2.75, 3.05) is 6.54 Å². The van der Waals surface area contributed by atoms with Gasteiger partial charge in [0.2, 0.25) is 0 Å². The molecule has 0 aromatic carbocycles. The first-order chi connectivity index (χ1) is 7.09. The van der Waals surface area contributed by atoms with Gasteiger partial charge in [0, 0.05) is 18.8 Å². The first kappa shape index (κ1) is 10.4. The molecule has 0 atom stereocenters. The molecule has 0 saturated heterocycles. The molecule has 0 radical (unpaired) electrons. The third kappa shape index (κ3) is 1.81. The number of carbonyl (C=O) groups is 1. The fourth-order valence-electron chi connectivity index (χ4n) is 2.00. The Bertz CT molecular complexity index is 393. The Kier molecular flexibility index (Phi) is 2.61. The first-order valence-corrected chi connectivity index (χ1v) is 5.39. The predicted molar refractivity (Wildman–Crippen MR) is 57.8 cm³/mol. The van der Waals surface area contributed by atoms with Crippen LogP contribution in [0.15, 0.2) is 0 Å². The van der Waals surface area contributed by atoms with Gasteiger partial charge in [-0.15, -0.1) is 0 Å². The van der Waals surface area contributed by atoms with Crippen molar-refractivity contribution in [1.29, 1.82) is 0 Å². The molecule has 4 heteroatoms. The Hall–Kier alpha value is -1.16. The summed E-state index contributed by atoms with van der Waals surface area (Å²) in [4.78, 5) is 11.7. The highest BCUT2D eigenvalue weighted by atomic mass is 16.1. The molecule has 0 amide bonds. The Balaban J connectivity index is 2.39. The Morgan fingerprint density at radius 3 is 2.80 bits per heavy atom. The molecular formula is C11H17N3O. The largest absolute Gasteiger partial charge is 0.304 e. The molecule has 1 aromatic rings. The molecule has 0 unspecified atom stereocenters. The Morgan fingerprint density at radius 2 is 2.20 bits per heavy atom. The van der Waals surface area contributed by atoms with E-state index in [9.17, 15) is 4.79 Å². The maximum absolute atomic E-state index is 11.7. The number of nitrogens with zero attached hydrogens (tertiary/aromatic N) is 2. The molecule has 0 fully saturated rings. The van der Waals surface area contributed by atoms with Gasteiger partial charge < -0.3 is 5.32 Å². The van der Waals surface area contributed by atoms with Gasteiger partial charge in [-0.25, -0.2) is 0 Å². The van der Waals surface area contributed by atoms with Crippen LogP contribution < -0.4 is 5.32 Å². The van der Waals surface area contributed by atoms with Gasteiger partial charge in [-0.05, 0) is 12.8 Å². The quantitative estimate of drug-likeness (QED) is 0.791. The third-order valence-electron chi connectivity index (χ3n) is 2.67. The second kappa shape index (κ2) is 3.77. The van der Waals surface area contributed by atoms with E-state index in [0.717, 1.165) is 23.5 Å². The van der Waals surface area contributed by atoms with Gasteiger partial charge in [0.05, 0.1) is 17.8 Å². The fourth-order valence-corrected chi connectivity index (χ4v) is 2.00. The number of rotatable bonds is 2. The van der Waals surface area contributed by atoms with Gasteiger partial charge in [0.25, 0.3) is 0 Å². The lowest BCUT2D eigenvalue weighted by molar-refractivity contribution is 0.0981. The van der Waals surface area contributed by atoms with E-state index in [-0.39, 0.29) is 5.78 Å². The minimum Gasteiger partial charge on any atom is -0.304 e. The van der Waals surface area contributed by atoms with E-state index < -0.39 is 0 Å². The standard InChI is InChI=1S/C11H17N3O/c1-7(2)6-14-8(3)11-9(13-14)4-12-5-10(11)15/h7,12H,4-6H2,1-3H3. The van der Waals surface area contributed by atoms with Gasteiger partial charge in [-0.2, -0.15) is 5.10 Å². The van der Waals surface area contributed by atoms with Crippen LogP contribution >= 0.6 is 0 Å². The maximum atomic E-state index is 11.7. The third-order valence-corrected chi connectivity index (χ3v) is 2.67. The zero-order valence-electron chi connectivity index (χ0n) is 9.50. The number of fused-ring (bicyclic) bond motifs is 1. The topological polar surface area (TPSA) is 46.9 Å². The van der Waals surface area contributed by atoms with Gasteiger partial charge in [0.1, 0.15) is 0 Å². The minimum atomic E-state index is 0.170. The minimum absolute atomic E-state index is 0.170. The lowest BCUT2D eigenvalue weighted by Gasteiger charge is -2.10. The van der Waals surface area contributed by atoms with Crippen LogP contribution in [0.2, 0.25) is 0 Å². The Morgan fingerprint density at radius 1 is 1.47 bits per heavy atom. The maximum Gasteiger partial charge on any atom is 0.180 e. The summed E-state index contributed by atoms with van der Waals surface area (Å²) in [6.45, 7) is 8.33. The number of aromatic nitrogens is 2. The van der Waals surface area contributed by atoms with Crippen molar-refractivity contribution >= 4 is 5.78 Å². The molecule has 0 aliphatic carbocycles.